The third-order valence-corrected chi connectivity index (χ3v) is 12.0. The minimum absolute atomic E-state index is 0.157. The number of ether oxygens (including phenoxy) is 3. The quantitative estimate of drug-likeness (QED) is 0.0347. The lowest BCUT2D eigenvalue weighted by atomic mass is 10.0. The van der Waals surface area contributed by atoms with Crippen LogP contribution < -0.4 is 0 Å². The first kappa shape index (κ1) is 58.4. The summed E-state index contributed by atoms with van der Waals surface area (Å²) in [7, 11) is 0. The number of hydrogen-bond donors (Lipinski definition) is 0. The van der Waals surface area contributed by atoms with Crippen molar-refractivity contribution in [3.8, 4) is 0 Å². The summed E-state index contributed by atoms with van der Waals surface area (Å²) in [6.07, 6.45) is 60.6. The SMILES string of the molecule is CCCCC/C=C\C/C=C\CCCCCCCC(=O)OC[C@H](COC(=O)CCCCCCCCCCCCCCC)OCCCCCCCCCCCCCCCCCC. The van der Waals surface area contributed by atoms with Gasteiger partial charge in [-0.2, -0.15) is 0 Å². The summed E-state index contributed by atoms with van der Waals surface area (Å²) in [6, 6.07) is 0. The number of allylic oxidation sites excluding steroid dienone is 4. The zero-order valence-electron chi connectivity index (χ0n) is 40.7. The molecule has 0 aliphatic heterocycles. The van der Waals surface area contributed by atoms with E-state index in [2.05, 4.69) is 45.1 Å². The maximum atomic E-state index is 12.6. The summed E-state index contributed by atoms with van der Waals surface area (Å²) in [5.74, 6) is -0.333. The molecule has 0 saturated heterocycles. The van der Waals surface area contributed by atoms with Crippen LogP contribution in [-0.4, -0.2) is 37.9 Å². The number of unbranched alkanes of at least 4 members (excludes halogenated alkanes) is 35. The van der Waals surface area contributed by atoms with Gasteiger partial charge in [0.15, 0.2) is 0 Å². The van der Waals surface area contributed by atoms with Crippen LogP contribution in [0.4, 0.5) is 0 Å². The van der Waals surface area contributed by atoms with E-state index in [9.17, 15) is 9.59 Å². The summed E-state index contributed by atoms with van der Waals surface area (Å²) in [4.78, 5) is 25.2. The largest absolute Gasteiger partial charge is 0.463 e. The van der Waals surface area contributed by atoms with E-state index in [4.69, 9.17) is 14.2 Å². The summed E-state index contributed by atoms with van der Waals surface area (Å²) < 4.78 is 17.5. The molecule has 0 aromatic rings. The van der Waals surface area contributed by atoms with Crippen LogP contribution in [0.2, 0.25) is 0 Å². The minimum Gasteiger partial charge on any atom is -0.463 e. The van der Waals surface area contributed by atoms with Gasteiger partial charge in [-0.1, -0.05) is 251 Å². The number of esters is 2. The fourth-order valence-corrected chi connectivity index (χ4v) is 7.93. The topological polar surface area (TPSA) is 61.8 Å². The molecule has 0 fully saturated rings. The number of carbonyl (C=O) groups is 2. The zero-order chi connectivity index (χ0) is 43.5. The molecule has 1 atom stereocenters. The van der Waals surface area contributed by atoms with Gasteiger partial charge >= 0.3 is 11.9 Å². The van der Waals surface area contributed by atoms with Crippen LogP contribution in [0.25, 0.3) is 0 Å². The molecular weight excluding hydrogens is 741 g/mol. The molecule has 0 bridgehead atoms. The van der Waals surface area contributed by atoms with E-state index in [1.807, 2.05) is 0 Å². The van der Waals surface area contributed by atoms with Gasteiger partial charge in [0.1, 0.15) is 19.3 Å². The Kier molecular flexibility index (Phi) is 50.3. The van der Waals surface area contributed by atoms with Crippen LogP contribution in [0, 0.1) is 0 Å². The molecule has 0 heterocycles. The Morgan fingerprint density at radius 3 is 1.00 bits per heavy atom. The fourth-order valence-electron chi connectivity index (χ4n) is 7.93. The zero-order valence-corrected chi connectivity index (χ0v) is 40.7. The van der Waals surface area contributed by atoms with Crippen molar-refractivity contribution in [2.24, 2.45) is 0 Å². The normalized spacial score (nSPS) is 12.2. The summed E-state index contributed by atoms with van der Waals surface area (Å²) in [5.41, 5.74) is 0. The highest BCUT2D eigenvalue weighted by Crippen LogP contribution is 2.16. The Morgan fingerprint density at radius 1 is 0.350 bits per heavy atom. The molecule has 5 nitrogen and oxygen atoms in total. The molecule has 5 heteroatoms. The van der Waals surface area contributed by atoms with E-state index >= 15 is 0 Å². The van der Waals surface area contributed by atoms with E-state index in [0.29, 0.717) is 19.4 Å². The van der Waals surface area contributed by atoms with Crippen molar-refractivity contribution in [2.75, 3.05) is 19.8 Å². The lowest BCUT2D eigenvalue weighted by Crippen LogP contribution is -2.29. The molecule has 0 spiro atoms. The number of carbonyl (C=O) groups excluding carboxylic acids is 2. The van der Waals surface area contributed by atoms with E-state index in [1.54, 1.807) is 0 Å². The van der Waals surface area contributed by atoms with Crippen molar-refractivity contribution in [1.82, 2.24) is 0 Å². The first-order valence-electron chi connectivity index (χ1n) is 26.9. The molecule has 0 N–H and O–H groups in total. The third kappa shape index (κ3) is 49.0. The highest BCUT2D eigenvalue weighted by molar-refractivity contribution is 5.69. The van der Waals surface area contributed by atoms with Crippen molar-refractivity contribution < 1.29 is 23.8 Å². The lowest BCUT2D eigenvalue weighted by Gasteiger charge is -2.18. The van der Waals surface area contributed by atoms with Gasteiger partial charge in [-0.15, -0.1) is 0 Å². The molecular formula is C55H104O5. The molecule has 0 rings (SSSR count). The van der Waals surface area contributed by atoms with Crippen molar-refractivity contribution in [1.29, 1.82) is 0 Å². The summed E-state index contributed by atoms with van der Waals surface area (Å²) in [5, 5.41) is 0. The molecule has 0 unspecified atom stereocenters. The Balaban J connectivity index is 4.23. The first-order valence-corrected chi connectivity index (χ1v) is 26.9. The van der Waals surface area contributed by atoms with Crippen molar-refractivity contribution in [3.63, 3.8) is 0 Å². The fraction of sp³-hybridized carbons (Fsp3) is 0.891. The highest BCUT2D eigenvalue weighted by Gasteiger charge is 2.16. The number of hydrogen-bond acceptors (Lipinski definition) is 5. The second kappa shape index (κ2) is 51.7. The van der Waals surface area contributed by atoms with E-state index in [1.165, 1.54) is 199 Å². The standard InChI is InChI=1S/C55H104O5/c1-4-7-10-13-16-19-22-25-27-29-32-35-38-41-44-47-50-58-53(51-59-54(56)48-45-42-39-36-33-30-24-21-18-15-12-9-6-3)52-60-55(57)49-46-43-40-37-34-31-28-26-23-20-17-14-11-8-5-2/h17,20,26,28,53H,4-16,18-19,21-25,27,29-52H2,1-3H3/b20-17-,28-26-/t53-/m0/s1. The predicted molar refractivity (Wildman–Crippen MR) is 261 cm³/mol. The molecule has 354 valence electrons. The molecule has 0 amide bonds. The monoisotopic (exact) mass is 845 g/mol. The lowest BCUT2D eigenvalue weighted by molar-refractivity contribution is -0.155. The van der Waals surface area contributed by atoms with Gasteiger partial charge in [-0.3, -0.25) is 9.59 Å². The molecule has 0 aromatic carbocycles. The minimum atomic E-state index is -0.398. The number of rotatable bonds is 50. The molecule has 0 saturated carbocycles. The van der Waals surface area contributed by atoms with Crippen molar-refractivity contribution in [2.45, 2.75) is 297 Å². The van der Waals surface area contributed by atoms with Crippen molar-refractivity contribution in [3.05, 3.63) is 24.3 Å². The van der Waals surface area contributed by atoms with Gasteiger partial charge in [0.25, 0.3) is 0 Å². The Bertz CT molecular complexity index is 913. The van der Waals surface area contributed by atoms with Gasteiger partial charge in [0.2, 0.25) is 0 Å². The van der Waals surface area contributed by atoms with Gasteiger partial charge in [0, 0.05) is 19.4 Å². The van der Waals surface area contributed by atoms with Gasteiger partial charge < -0.3 is 14.2 Å². The molecule has 0 aromatic heterocycles. The maximum Gasteiger partial charge on any atom is 0.305 e. The van der Waals surface area contributed by atoms with Crippen LogP contribution in [-0.2, 0) is 23.8 Å². The van der Waals surface area contributed by atoms with Gasteiger partial charge in [0.05, 0.1) is 0 Å². The smallest absolute Gasteiger partial charge is 0.305 e. The Hall–Kier alpha value is -1.62. The van der Waals surface area contributed by atoms with Crippen LogP contribution >= 0.6 is 0 Å². The van der Waals surface area contributed by atoms with Crippen LogP contribution in [0.3, 0.4) is 0 Å². The molecule has 0 aliphatic carbocycles. The summed E-state index contributed by atoms with van der Waals surface area (Å²) in [6.45, 7) is 7.74. The van der Waals surface area contributed by atoms with Crippen LogP contribution in [0.15, 0.2) is 24.3 Å². The highest BCUT2D eigenvalue weighted by atomic mass is 16.6. The van der Waals surface area contributed by atoms with E-state index in [0.717, 1.165) is 57.8 Å². The predicted octanol–water partition coefficient (Wildman–Crippen LogP) is 18.0. The van der Waals surface area contributed by atoms with Gasteiger partial charge in [-0.05, 0) is 51.4 Å². The Labute approximate surface area is 375 Å². The van der Waals surface area contributed by atoms with E-state index in [-0.39, 0.29) is 25.2 Å². The summed E-state index contributed by atoms with van der Waals surface area (Å²) >= 11 is 0. The van der Waals surface area contributed by atoms with Crippen LogP contribution in [0.5, 0.6) is 0 Å². The van der Waals surface area contributed by atoms with E-state index < -0.39 is 6.10 Å². The van der Waals surface area contributed by atoms with Crippen LogP contribution in [0.1, 0.15) is 290 Å². The average molecular weight is 845 g/mol. The molecule has 60 heavy (non-hydrogen) atoms. The maximum absolute atomic E-state index is 12.6. The first-order chi connectivity index (χ1) is 29.6. The third-order valence-electron chi connectivity index (χ3n) is 12.0. The Morgan fingerprint density at radius 2 is 0.633 bits per heavy atom. The van der Waals surface area contributed by atoms with Crippen molar-refractivity contribution >= 4 is 11.9 Å². The van der Waals surface area contributed by atoms with Gasteiger partial charge in [-0.25, -0.2) is 0 Å². The molecule has 0 aliphatic rings. The second-order valence-electron chi connectivity index (χ2n) is 18.1. The second-order valence-corrected chi connectivity index (χ2v) is 18.1. The molecule has 0 radical (unpaired) electrons. The average Bonchev–Trinajstić information content (AvgIpc) is 3.25.